The number of likely N-dealkylation sites (tertiary alicyclic amines) is 1. The molecule has 1 unspecified atom stereocenters. The van der Waals surface area contributed by atoms with E-state index in [2.05, 4.69) is 53.3 Å². The van der Waals surface area contributed by atoms with Crippen LogP contribution in [0, 0.1) is 6.92 Å². The normalized spacial score (nSPS) is 17.4. The van der Waals surface area contributed by atoms with Crippen molar-refractivity contribution < 1.29 is 9.21 Å². The minimum Gasteiger partial charge on any atom is -0.419 e. The second-order valence-electron chi connectivity index (χ2n) is 8.06. The van der Waals surface area contributed by atoms with E-state index in [0.717, 1.165) is 24.9 Å². The lowest BCUT2D eigenvalue weighted by Crippen LogP contribution is -2.33. The first-order chi connectivity index (χ1) is 14.6. The van der Waals surface area contributed by atoms with Crippen molar-refractivity contribution in [1.29, 1.82) is 0 Å². The molecule has 6 heteroatoms. The maximum atomic E-state index is 12.6. The highest BCUT2D eigenvalue weighted by Crippen LogP contribution is 2.22. The Morgan fingerprint density at radius 1 is 1.07 bits per heavy atom. The number of hydrogen-bond donors (Lipinski definition) is 0. The Morgan fingerprint density at radius 3 is 2.60 bits per heavy atom. The van der Waals surface area contributed by atoms with Gasteiger partial charge in [0, 0.05) is 31.1 Å². The van der Waals surface area contributed by atoms with Gasteiger partial charge in [-0.15, -0.1) is 10.2 Å². The van der Waals surface area contributed by atoms with Gasteiger partial charge < -0.3 is 9.32 Å². The van der Waals surface area contributed by atoms with Crippen molar-refractivity contribution in [1.82, 2.24) is 20.0 Å². The SMILES string of the molecule is Cc1ccc(CN2CCC(N(C)Cc3nnc(-c4ccccc4)o3)CCC2=O)cc1. The summed E-state index contributed by atoms with van der Waals surface area (Å²) in [6.45, 7) is 4.10. The van der Waals surface area contributed by atoms with E-state index in [1.807, 2.05) is 35.2 Å². The molecule has 1 fully saturated rings. The average Bonchev–Trinajstić information content (AvgIpc) is 3.15. The molecule has 0 spiro atoms. The summed E-state index contributed by atoms with van der Waals surface area (Å²) >= 11 is 0. The standard InChI is InChI=1S/C24H28N4O2/c1-18-8-10-19(11-9-18)16-28-15-14-21(12-13-23(28)29)27(2)17-22-25-26-24(30-22)20-6-4-3-5-7-20/h3-11,21H,12-17H2,1-2H3. The highest BCUT2D eigenvalue weighted by molar-refractivity contribution is 5.76. The van der Waals surface area contributed by atoms with Crippen LogP contribution in [-0.4, -0.2) is 45.5 Å². The Morgan fingerprint density at radius 2 is 1.83 bits per heavy atom. The number of aromatic nitrogens is 2. The van der Waals surface area contributed by atoms with Gasteiger partial charge in [0.25, 0.3) is 0 Å². The van der Waals surface area contributed by atoms with Crippen LogP contribution in [0.4, 0.5) is 0 Å². The van der Waals surface area contributed by atoms with E-state index >= 15 is 0 Å². The Kier molecular flexibility index (Phi) is 6.23. The molecule has 6 nitrogen and oxygen atoms in total. The summed E-state index contributed by atoms with van der Waals surface area (Å²) in [5.74, 6) is 1.37. The van der Waals surface area contributed by atoms with Crippen molar-refractivity contribution in [3.05, 3.63) is 71.6 Å². The number of rotatable bonds is 6. The van der Waals surface area contributed by atoms with E-state index in [4.69, 9.17) is 4.42 Å². The zero-order valence-electron chi connectivity index (χ0n) is 17.6. The fourth-order valence-electron chi connectivity index (χ4n) is 3.90. The first-order valence-electron chi connectivity index (χ1n) is 10.5. The predicted molar refractivity (Wildman–Crippen MR) is 115 cm³/mol. The first-order valence-corrected chi connectivity index (χ1v) is 10.5. The molecule has 2 aromatic carbocycles. The molecule has 0 bridgehead atoms. The number of hydrogen-bond acceptors (Lipinski definition) is 5. The largest absolute Gasteiger partial charge is 0.419 e. The third kappa shape index (κ3) is 4.94. The molecule has 4 rings (SSSR count). The van der Waals surface area contributed by atoms with E-state index in [9.17, 15) is 4.79 Å². The maximum Gasteiger partial charge on any atom is 0.247 e. The Labute approximate surface area is 177 Å². The van der Waals surface area contributed by atoms with Crippen molar-refractivity contribution in [2.24, 2.45) is 0 Å². The third-order valence-electron chi connectivity index (χ3n) is 5.77. The summed E-state index contributed by atoms with van der Waals surface area (Å²) in [4.78, 5) is 16.9. The Bertz CT molecular complexity index is 968. The number of carbonyl (C=O) groups is 1. The lowest BCUT2D eigenvalue weighted by atomic mass is 10.1. The van der Waals surface area contributed by atoms with Gasteiger partial charge in [-0.2, -0.15) is 0 Å². The van der Waals surface area contributed by atoms with E-state index in [1.165, 1.54) is 11.1 Å². The summed E-state index contributed by atoms with van der Waals surface area (Å²) in [6, 6.07) is 18.5. The molecule has 1 amide bonds. The van der Waals surface area contributed by atoms with Crippen LogP contribution in [0.2, 0.25) is 0 Å². The summed E-state index contributed by atoms with van der Waals surface area (Å²) in [7, 11) is 2.07. The first kappa shape index (κ1) is 20.3. The molecule has 1 aliphatic heterocycles. The minimum absolute atomic E-state index is 0.232. The van der Waals surface area contributed by atoms with Crippen LogP contribution in [-0.2, 0) is 17.9 Å². The summed E-state index contributed by atoms with van der Waals surface area (Å²) in [5.41, 5.74) is 3.34. The number of nitrogens with zero attached hydrogens (tertiary/aromatic N) is 4. The second kappa shape index (κ2) is 9.22. The minimum atomic E-state index is 0.232. The zero-order chi connectivity index (χ0) is 20.9. The van der Waals surface area contributed by atoms with Crippen molar-refractivity contribution in [2.75, 3.05) is 13.6 Å². The average molecular weight is 405 g/mol. The van der Waals surface area contributed by atoms with Crippen molar-refractivity contribution in [3.63, 3.8) is 0 Å². The Hall–Kier alpha value is -2.99. The molecule has 0 N–H and O–H groups in total. The van der Waals surface area contributed by atoms with Crippen molar-refractivity contribution in [3.8, 4) is 11.5 Å². The van der Waals surface area contributed by atoms with Crippen molar-refractivity contribution in [2.45, 2.75) is 45.3 Å². The number of carbonyl (C=O) groups excluding carboxylic acids is 1. The van der Waals surface area contributed by atoms with Gasteiger partial charge in [0.15, 0.2) is 0 Å². The van der Waals surface area contributed by atoms with E-state index < -0.39 is 0 Å². The smallest absolute Gasteiger partial charge is 0.247 e. The van der Waals surface area contributed by atoms with E-state index in [1.54, 1.807) is 0 Å². The van der Waals surface area contributed by atoms with Crippen LogP contribution < -0.4 is 0 Å². The summed E-state index contributed by atoms with van der Waals surface area (Å²) < 4.78 is 5.85. The highest BCUT2D eigenvalue weighted by Gasteiger charge is 2.26. The molecule has 0 saturated carbocycles. The van der Waals surface area contributed by atoms with E-state index in [-0.39, 0.29) is 5.91 Å². The zero-order valence-corrected chi connectivity index (χ0v) is 17.6. The monoisotopic (exact) mass is 404 g/mol. The topological polar surface area (TPSA) is 62.5 Å². The van der Waals surface area contributed by atoms with Crippen LogP contribution in [0.5, 0.6) is 0 Å². The van der Waals surface area contributed by atoms with Gasteiger partial charge in [-0.05, 0) is 44.5 Å². The molecule has 3 aromatic rings. The molecule has 30 heavy (non-hydrogen) atoms. The molecule has 1 saturated heterocycles. The van der Waals surface area contributed by atoms with Crippen LogP contribution in [0.1, 0.15) is 36.3 Å². The second-order valence-corrected chi connectivity index (χ2v) is 8.06. The van der Waals surface area contributed by atoms with Crippen LogP contribution in [0.3, 0.4) is 0 Å². The fraction of sp³-hybridized carbons (Fsp3) is 0.375. The number of amides is 1. The molecule has 0 aliphatic carbocycles. The van der Waals surface area contributed by atoms with Gasteiger partial charge in [-0.3, -0.25) is 9.69 Å². The van der Waals surface area contributed by atoms with Gasteiger partial charge in [0.2, 0.25) is 17.7 Å². The van der Waals surface area contributed by atoms with Gasteiger partial charge >= 0.3 is 0 Å². The van der Waals surface area contributed by atoms with E-state index in [0.29, 0.717) is 37.3 Å². The molecule has 1 aromatic heterocycles. The molecular formula is C24H28N4O2. The number of aryl methyl sites for hydroxylation is 1. The predicted octanol–water partition coefficient (Wildman–Crippen LogP) is 4.06. The van der Waals surface area contributed by atoms with Crippen LogP contribution in [0.15, 0.2) is 59.0 Å². The molecule has 1 atom stereocenters. The molecule has 1 aliphatic rings. The lowest BCUT2D eigenvalue weighted by Gasteiger charge is -2.26. The maximum absolute atomic E-state index is 12.6. The van der Waals surface area contributed by atoms with Gasteiger partial charge in [-0.25, -0.2) is 0 Å². The fourth-order valence-corrected chi connectivity index (χ4v) is 3.90. The molecule has 2 heterocycles. The quantitative estimate of drug-likeness (QED) is 0.620. The lowest BCUT2D eigenvalue weighted by molar-refractivity contribution is -0.131. The Balaban J connectivity index is 1.35. The number of benzene rings is 2. The molecule has 0 radical (unpaired) electrons. The molecule has 156 valence electrons. The van der Waals surface area contributed by atoms with Crippen LogP contribution in [0.25, 0.3) is 11.5 Å². The van der Waals surface area contributed by atoms with Crippen molar-refractivity contribution >= 4 is 5.91 Å². The summed E-state index contributed by atoms with van der Waals surface area (Å²) in [5, 5.41) is 8.38. The van der Waals surface area contributed by atoms with Gasteiger partial charge in [0.1, 0.15) is 0 Å². The summed E-state index contributed by atoms with van der Waals surface area (Å²) in [6.07, 6.45) is 2.35. The van der Waals surface area contributed by atoms with Crippen LogP contribution >= 0.6 is 0 Å². The third-order valence-corrected chi connectivity index (χ3v) is 5.77. The highest BCUT2D eigenvalue weighted by atomic mass is 16.4. The van der Waals surface area contributed by atoms with Gasteiger partial charge in [-0.1, -0.05) is 48.0 Å². The van der Waals surface area contributed by atoms with Gasteiger partial charge in [0.05, 0.1) is 6.54 Å². The molecular weight excluding hydrogens is 376 g/mol.